The molecule has 300 valence electrons. The Morgan fingerprint density at radius 2 is 0.980 bits per heavy atom. The largest absolute Gasteiger partial charge is 0.483 e. The third-order valence-corrected chi connectivity index (χ3v) is 10.9. The fraction of sp³-hybridized carbons (Fsp3) is 0.977. The van der Waals surface area contributed by atoms with E-state index in [1.54, 1.807) is 0 Å². The van der Waals surface area contributed by atoms with Gasteiger partial charge in [-0.1, -0.05) is 194 Å². The Labute approximate surface area is 312 Å². The molecule has 2 unspecified atom stereocenters. The van der Waals surface area contributed by atoms with E-state index in [4.69, 9.17) is 19.7 Å². The summed E-state index contributed by atoms with van der Waals surface area (Å²) in [7, 11) is 0. The van der Waals surface area contributed by atoms with Gasteiger partial charge in [-0.15, -0.1) is 0 Å². The van der Waals surface area contributed by atoms with Crippen LogP contribution in [0.2, 0.25) is 0 Å². The highest BCUT2D eigenvalue weighted by molar-refractivity contribution is 5.32. The number of aliphatic hydroxyl groups is 1. The fourth-order valence-corrected chi connectivity index (χ4v) is 7.45. The normalized spacial score (nSPS) is 15.5. The van der Waals surface area contributed by atoms with Gasteiger partial charge in [-0.2, -0.15) is 0 Å². The minimum atomic E-state index is -0.250. The lowest BCUT2D eigenvalue weighted by Crippen LogP contribution is -2.29. The van der Waals surface area contributed by atoms with E-state index in [9.17, 15) is 5.11 Å². The third kappa shape index (κ3) is 35.7. The maximum Gasteiger partial charge on any atom is 0.290 e. The first-order valence-electron chi connectivity index (χ1n) is 22.4. The van der Waals surface area contributed by atoms with Crippen molar-refractivity contribution in [3.63, 3.8) is 0 Å². The van der Waals surface area contributed by atoms with Gasteiger partial charge >= 0.3 is 0 Å². The lowest BCUT2D eigenvalue weighted by molar-refractivity contribution is -0.306. The summed E-state index contributed by atoms with van der Waals surface area (Å²) in [4.78, 5) is 22.0. The topological polar surface area (TPSA) is 79.2 Å². The number of carbonyl (C=O) groups is 1. The summed E-state index contributed by atoms with van der Waals surface area (Å²) >= 11 is 0. The quantitative estimate of drug-likeness (QED) is 0.0285. The zero-order chi connectivity index (χ0) is 36.6. The number of nitrogens with zero attached hydrogens (tertiary/aromatic N) is 1. The summed E-state index contributed by atoms with van der Waals surface area (Å²) in [5.74, 6) is 1.74. The van der Waals surface area contributed by atoms with Gasteiger partial charge < -0.3 is 15.1 Å². The second-order valence-electron chi connectivity index (χ2n) is 15.6. The lowest BCUT2D eigenvalue weighted by Gasteiger charge is -2.21. The van der Waals surface area contributed by atoms with Gasteiger partial charge in [0.1, 0.15) is 0 Å². The van der Waals surface area contributed by atoms with Crippen molar-refractivity contribution >= 4 is 6.47 Å². The van der Waals surface area contributed by atoms with Crippen LogP contribution >= 0.6 is 0 Å². The summed E-state index contributed by atoms with van der Waals surface area (Å²) in [6, 6.07) is 0. The van der Waals surface area contributed by atoms with E-state index in [0.717, 1.165) is 44.5 Å². The van der Waals surface area contributed by atoms with Gasteiger partial charge in [-0.3, -0.25) is 4.79 Å². The molecule has 0 bridgehead atoms. The van der Waals surface area contributed by atoms with Crippen molar-refractivity contribution in [2.75, 3.05) is 32.8 Å². The van der Waals surface area contributed by atoms with Gasteiger partial charge in [0.05, 0.1) is 19.3 Å². The summed E-state index contributed by atoms with van der Waals surface area (Å²) in [6.07, 6.45) is 44.4. The summed E-state index contributed by atoms with van der Waals surface area (Å²) in [5.41, 5.74) is 0. The smallest absolute Gasteiger partial charge is 0.290 e. The molecule has 0 aliphatic heterocycles. The fourth-order valence-electron chi connectivity index (χ4n) is 7.45. The highest BCUT2D eigenvalue weighted by Gasteiger charge is 2.38. The van der Waals surface area contributed by atoms with Gasteiger partial charge in [-0.25, -0.2) is 9.78 Å². The van der Waals surface area contributed by atoms with Crippen LogP contribution in [0.5, 0.6) is 0 Å². The van der Waals surface area contributed by atoms with Crippen molar-refractivity contribution < 1.29 is 24.8 Å². The molecule has 1 rings (SSSR count). The van der Waals surface area contributed by atoms with Crippen LogP contribution in [0.4, 0.5) is 0 Å². The first kappa shape index (κ1) is 49.3. The number of aliphatic hydroxyl groups excluding tert-OH is 1. The van der Waals surface area contributed by atoms with Crippen LogP contribution in [0.3, 0.4) is 0 Å². The van der Waals surface area contributed by atoms with Gasteiger partial charge in [0.25, 0.3) is 6.47 Å². The van der Waals surface area contributed by atoms with E-state index in [1.165, 1.54) is 199 Å². The Bertz CT molecular complexity index is 634. The standard InChI is InChI=1S/C43H87NO3.CH2O2/c1-4-7-10-13-18-24-31-41(32-25-19-14-11-8-5-2)33-26-20-15-21-28-35-44(37-38-45)36-29-22-16-23-30-39-46-47-43-40-42(43)34-27-17-12-9-6-3;2-1-3/h41-43,45H,4-40H2,1-3H3;1H,(H,2,3). The van der Waals surface area contributed by atoms with Crippen molar-refractivity contribution in [3.05, 3.63) is 0 Å². The van der Waals surface area contributed by atoms with Crippen LogP contribution in [0.15, 0.2) is 0 Å². The molecule has 0 aromatic carbocycles. The highest BCUT2D eigenvalue weighted by atomic mass is 17.2. The Hall–Kier alpha value is -0.690. The molecule has 0 aromatic heterocycles. The number of hydrogen-bond acceptors (Lipinski definition) is 5. The molecular weight excluding hydrogens is 622 g/mol. The van der Waals surface area contributed by atoms with Crippen LogP contribution in [-0.2, 0) is 14.6 Å². The number of unbranched alkanes of at least 4 members (excludes halogenated alkanes) is 22. The predicted molar refractivity (Wildman–Crippen MR) is 215 cm³/mol. The van der Waals surface area contributed by atoms with Gasteiger partial charge in [-0.05, 0) is 57.0 Å². The maximum absolute atomic E-state index is 9.58. The average molecular weight is 712 g/mol. The Balaban J connectivity index is 0.00000770. The molecule has 6 nitrogen and oxygen atoms in total. The molecule has 0 saturated heterocycles. The first-order chi connectivity index (χ1) is 24.7. The van der Waals surface area contributed by atoms with Crippen molar-refractivity contribution in [2.24, 2.45) is 11.8 Å². The van der Waals surface area contributed by atoms with Crippen LogP contribution in [-0.4, -0.2) is 60.5 Å². The van der Waals surface area contributed by atoms with Crippen LogP contribution < -0.4 is 0 Å². The molecule has 0 radical (unpaired) electrons. The van der Waals surface area contributed by atoms with E-state index in [0.29, 0.717) is 6.10 Å². The molecular formula is C44H89NO5. The van der Waals surface area contributed by atoms with Crippen molar-refractivity contribution in [1.82, 2.24) is 4.90 Å². The third-order valence-electron chi connectivity index (χ3n) is 10.9. The molecule has 1 fully saturated rings. The SMILES string of the molecule is CCCCCCCCC(CCCCCCCC)CCCCCCCN(CCO)CCCCCCCOOC1CC1CCCCCCC.O=CO. The molecule has 0 spiro atoms. The van der Waals surface area contributed by atoms with Gasteiger partial charge in [0, 0.05) is 6.54 Å². The Kier molecular flexibility index (Phi) is 40.5. The average Bonchev–Trinajstić information content (AvgIpc) is 3.87. The van der Waals surface area contributed by atoms with Crippen molar-refractivity contribution in [1.29, 1.82) is 0 Å². The lowest BCUT2D eigenvalue weighted by atomic mass is 9.89. The van der Waals surface area contributed by atoms with Crippen LogP contribution in [0.25, 0.3) is 0 Å². The van der Waals surface area contributed by atoms with E-state index in [-0.39, 0.29) is 13.1 Å². The Morgan fingerprint density at radius 1 is 0.580 bits per heavy atom. The number of hydrogen-bond donors (Lipinski definition) is 2. The van der Waals surface area contributed by atoms with Crippen molar-refractivity contribution in [3.8, 4) is 0 Å². The van der Waals surface area contributed by atoms with Gasteiger partial charge in [0.15, 0.2) is 0 Å². The molecule has 1 aliphatic carbocycles. The minimum absolute atomic E-state index is 0.250. The van der Waals surface area contributed by atoms with Crippen LogP contribution in [0, 0.1) is 11.8 Å². The Morgan fingerprint density at radius 3 is 1.44 bits per heavy atom. The molecule has 1 aliphatic rings. The molecule has 1 saturated carbocycles. The predicted octanol–water partition coefficient (Wildman–Crippen LogP) is 13.1. The second kappa shape index (κ2) is 41.1. The molecule has 0 heterocycles. The van der Waals surface area contributed by atoms with E-state index >= 15 is 0 Å². The molecule has 0 amide bonds. The minimum Gasteiger partial charge on any atom is -0.483 e. The van der Waals surface area contributed by atoms with Crippen molar-refractivity contribution in [2.45, 2.75) is 232 Å². The first-order valence-corrected chi connectivity index (χ1v) is 22.4. The zero-order valence-electron chi connectivity index (χ0n) is 34.0. The second-order valence-corrected chi connectivity index (χ2v) is 15.6. The summed E-state index contributed by atoms with van der Waals surface area (Å²) in [6.45, 7) is 10.8. The van der Waals surface area contributed by atoms with Crippen LogP contribution in [0.1, 0.15) is 226 Å². The van der Waals surface area contributed by atoms with E-state index in [2.05, 4.69) is 25.7 Å². The zero-order valence-corrected chi connectivity index (χ0v) is 34.0. The van der Waals surface area contributed by atoms with Gasteiger partial charge in [0.2, 0.25) is 0 Å². The van der Waals surface area contributed by atoms with E-state index < -0.39 is 0 Å². The monoisotopic (exact) mass is 712 g/mol. The molecule has 2 atom stereocenters. The highest BCUT2D eigenvalue weighted by Crippen LogP contribution is 2.38. The molecule has 0 aromatic rings. The summed E-state index contributed by atoms with van der Waals surface area (Å²) in [5, 5.41) is 16.5. The summed E-state index contributed by atoms with van der Waals surface area (Å²) < 4.78 is 0. The molecule has 6 heteroatoms. The molecule has 50 heavy (non-hydrogen) atoms. The molecule has 2 N–H and O–H groups in total. The van der Waals surface area contributed by atoms with E-state index in [1.807, 2.05) is 0 Å². The maximum atomic E-state index is 9.58. The number of carboxylic acid groups (broad SMARTS) is 1. The number of rotatable bonds is 40.